The van der Waals surface area contributed by atoms with Crippen LogP contribution in [0.5, 0.6) is 0 Å². The van der Waals surface area contributed by atoms with Crippen molar-refractivity contribution in [3.8, 4) is 0 Å². The molecule has 7 nitrogen and oxygen atoms in total. The number of carboxylic acid groups (broad SMARTS) is 1. The van der Waals surface area contributed by atoms with Crippen LogP contribution in [0.25, 0.3) is 0 Å². The zero-order valence-corrected chi connectivity index (χ0v) is 10.3. The summed E-state index contributed by atoms with van der Waals surface area (Å²) in [5.41, 5.74) is -0.586. The van der Waals surface area contributed by atoms with E-state index in [-0.39, 0.29) is 12.1 Å². The lowest BCUT2D eigenvalue weighted by atomic mass is 9.86. The molecule has 0 unspecified atom stereocenters. The highest BCUT2D eigenvalue weighted by Crippen LogP contribution is 2.25. The number of carbonyl (C=O) groups excluding carboxylic acids is 1. The zero-order chi connectivity index (χ0) is 13.7. The maximum atomic E-state index is 12.1. The molecule has 0 aliphatic carbocycles. The van der Waals surface area contributed by atoms with Crippen molar-refractivity contribution in [1.82, 2.24) is 15.3 Å². The highest BCUT2D eigenvalue weighted by atomic mass is 16.5. The number of nitrogens with one attached hydrogen (secondary N) is 1. The van der Waals surface area contributed by atoms with E-state index < -0.39 is 17.4 Å². The van der Waals surface area contributed by atoms with E-state index in [1.807, 2.05) is 0 Å². The van der Waals surface area contributed by atoms with Gasteiger partial charge in [-0.1, -0.05) is 0 Å². The topological polar surface area (TPSA) is 101 Å². The average molecular weight is 265 g/mol. The number of rotatable bonds is 4. The summed E-state index contributed by atoms with van der Waals surface area (Å²) >= 11 is 0. The second-order valence-corrected chi connectivity index (χ2v) is 4.51. The van der Waals surface area contributed by atoms with Crippen molar-refractivity contribution in [1.29, 1.82) is 0 Å². The van der Waals surface area contributed by atoms with Crippen molar-refractivity contribution < 1.29 is 19.4 Å². The first-order chi connectivity index (χ1) is 9.11. The molecule has 0 aromatic carbocycles. The maximum Gasteiger partial charge on any atom is 0.305 e. The van der Waals surface area contributed by atoms with Gasteiger partial charge in [-0.15, -0.1) is 0 Å². The van der Waals surface area contributed by atoms with Gasteiger partial charge < -0.3 is 15.2 Å². The number of hydrogen-bond acceptors (Lipinski definition) is 5. The first-order valence-corrected chi connectivity index (χ1v) is 5.99. The van der Waals surface area contributed by atoms with Gasteiger partial charge in [-0.2, -0.15) is 0 Å². The largest absolute Gasteiger partial charge is 0.481 e. The fourth-order valence-electron chi connectivity index (χ4n) is 2.12. The summed E-state index contributed by atoms with van der Waals surface area (Å²) in [5, 5.41) is 11.8. The van der Waals surface area contributed by atoms with Crippen LogP contribution in [-0.4, -0.2) is 45.7 Å². The SMILES string of the molecule is O=C(O)CC1(NC(=O)c2cnccn2)CCOCC1. The molecule has 1 saturated heterocycles. The Morgan fingerprint density at radius 3 is 2.68 bits per heavy atom. The lowest BCUT2D eigenvalue weighted by molar-refractivity contribution is -0.139. The van der Waals surface area contributed by atoms with Gasteiger partial charge in [-0.05, 0) is 12.8 Å². The fraction of sp³-hybridized carbons (Fsp3) is 0.500. The molecule has 2 heterocycles. The van der Waals surface area contributed by atoms with Gasteiger partial charge >= 0.3 is 5.97 Å². The van der Waals surface area contributed by atoms with Crippen molar-refractivity contribution in [2.75, 3.05) is 13.2 Å². The highest BCUT2D eigenvalue weighted by molar-refractivity contribution is 5.92. The Labute approximate surface area is 110 Å². The van der Waals surface area contributed by atoms with E-state index >= 15 is 0 Å². The van der Waals surface area contributed by atoms with Crippen LogP contribution < -0.4 is 5.32 Å². The van der Waals surface area contributed by atoms with Crippen LogP contribution in [0.1, 0.15) is 29.8 Å². The normalized spacial score (nSPS) is 17.7. The molecule has 0 atom stereocenters. The van der Waals surface area contributed by atoms with Crippen LogP contribution in [0.15, 0.2) is 18.6 Å². The van der Waals surface area contributed by atoms with Crippen molar-refractivity contribution in [3.63, 3.8) is 0 Å². The lowest BCUT2D eigenvalue weighted by Crippen LogP contribution is -2.53. The number of ether oxygens (including phenoxy) is 1. The second kappa shape index (κ2) is 5.75. The van der Waals surface area contributed by atoms with Crippen LogP contribution >= 0.6 is 0 Å². The summed E-state index contributed by atoms with van der Waals surface area (Å²) in [5.74, 6) is -1.35. The molecule has 1 fully saturated rings. The molecular formula is C12H15N3O4. The van der Waals surface area contributed by atoms with E-state index in [2.05, 4.69) is 15.3 Å². The molecule has 1 aliphatic heterocycles. The average Bonchev–Trinajstić information content (AvgIpc) is 2.39. The van der Waals surface area contributed by atoms with Gasteiger partial charge in [-0.25, -0.2) is 4.98 Å². The van der Waals surface area contributed by atoms with Crippen LogP contribution in [0, 0.1) is 0 Å². The molecule has 1 aromatic heterocycles. The van der Waals surface area contributed by atoms with Gasteiger partial charge in [0.15, 0.2) is 0 Å². The molecule has 1 amide bonds. The van der Waals surface area contributed by atoms with E-state index in [4.69, 9.17) is 9.84 Å². The van der Waals surface area contributed by atoms with Crippen molar-refractivity contribution in [2.24, 2.45) is 0 Å². The Morgan fingerprint density at radius 1 is 1.37 bits per heavy atom. The standard InChI is InChI=1S/C12H15N3O4/c16-10(17)7-12(1-5-19-6-2-12)15-11(18)9-8-13-3-4-14-9/h3-4,8H,1-2,5-7H2,(H,15,18)(H,16,17). The van der Waals surface area contributed by atoms with Gasteiger partial charge in [0.1, 0.15) is 5.69 Å². The van der Waals surface area contributed by atoms with Gasteiger partial charge in [0.2, 0.25) is 0 Å². The Bertz CT molecular complexity index is 457. The van der Waals surface area contributed by atoms with Crippen LogP contribution in [-0.2, 0) is 9.53 Å². The summed E-state index contributed by atoms with van der Waals surface area (Å²) in [7, 11) is 0. The molecule has 0 bridgehead atoms. The molecule has 2 rings (SSSR count). The summed E-state index contributed by atoms with van der Waals surface area (Å²) < 4.78 is 5.22. The fourth-order valence-corrected chi connectivity index (χ4v) is 2.12. The van der Waals surface area contributed by atoms with Crippen molar-refractivity contribution in [2.45, 2.75) is 24.8 Å². The summed E-state index contributed by atoms with van der Waals surface area (Å²) in [4.78, 5) is 30.7. The highest BCUT2D eigenvalue weighted by Gasteiger charge is 2.36. The molecule has 19 heavy (non-hydrogen) atoms. The Hall–Kier alpha value is -2.02. The molecular weight excluding hydrogens is 250 g/mol. The monoisotopic (exact) mass is 265 g/mol. The van der Waals surface area contributed by atoms with Crippen molar-refractivity contribution >= 4 is 11.9 Å². The molecule has 0 saturated carbocycles. The maximum absolute atomic E-state index is 12.1. The number of nitrogens with zero attached hydrogens (tertiary/aromatic N) is 2. The smallest absolute Gasteiger partial charge is 0.305 e. The Morgan fingerprint density at radius 2 is 2.11 bits per heavy atom. The number of aromatic nitrogens is 2. The molecule has 0 spiro atoms. The van der Waals surface area contributed by atoms with E-state index in [9.17, 15) is 9.59 Å². The van der Waals surface area contributed by atoms with Gasteiger partial charge in [0, 0.05) is 25.6 Å². The third-order valence-electron chi connectivity index (χ3n) is 3.11. The first kappa shape index (κ1) is 13.4. The Kier molecular flexibility index (Phi) is 4.06. The van der Waals surface area contributed by atoms with Crippen LogP contribution in [0.3, 0.4) is 0 Å². The first-order valence-electron chi connectivity index (χ1n) is 5.99. The van der Waals surface area contributed by atoms with Crippen LogP contribution in [0.2, 0.25) is 0 Å². The zero-order valence-electron chi connectivity index (χ0n) is 10.3. The molecule has 1 aliphatic rings. The van der Waals surface area contributed by atoms with Gasteiger partial charge in [0.05, 0.1) is 18.2 Å². The van der Waals surface area contributed by atoms with Crippen molar-refractivity contribution in [3.05, 3.63) is 24.3 Å². The molecule has 102 valence electrons. The molecule has 7 heteroatoms. The minimum atomic E-state index is -0.943. The van der Waals surface area contributed by atoms with E-state index in [0.717, 1.165) is 0 Å². The number of carboxylic acids is 1. The molecule has 2 N–H and O–H groups in total. The summed E-state index contributed by atoms with van der Waals surface area (Å²) in [6, 6.07) is 0. The molecule has 0 radical (unpaired) electrons. The predicted octanol–water partition coefficient (Wildman–Crippen LogP) is 0.230. The van der Waals surface area contributed by atoms with Gasteiger partial charge in [-0.3, -0.25) is 14.6 Å². The second-order valence-electron chi connectivity index (χ2n) is 4.51. The minimum Gasteiger partial charge on any atom is -0.481 e. The third kappa shape index (κ3) is 3.47. The van der Waals surface area contributed by atoms with E-state index in [1.165, 1.54) is 18.6 Å². The van der Waals surface area contributed by atoms with Gasteiger partial charge in [0.25, 0.3) is 5.91 Å². The third-order valence-corrected chi connectivity index (χ3v) is 3.11. The summed E-state index contributed by atoms with van der Waals surface area (Å²) in [6.45, 7) is 0.877. The lowest BCUT2D eigenvalue weighted by Gasteiger charge is -2.36. The number of hydrogen-bond donors (Lipinski definition) is 2. The Balaban J connectivity index is 2.11. The quantitative estimate of drug-likeness (QED) is 0.808. The van der Waals surface area contributed by atoms with Crippen LogP contribution in [0.4, 0.5) is 0 Å². The number of aliphatic carboxylic acids is 1. The minimum absolute atomic E-state index is 0.123. The van der Waals surface area contributed by atoms with E-state index in [1.54, 1.807) is 0 Å². The van der Waals surface area contributed by atoms with E-state index in [0.29, 0.717) is 26.1 Å². The summed E-state index contributed by atoms with van der Waals surface area (Å²) in [6.07, 6.45) is 5.07. The predicted molar refractivity (Wildman–Crippen MR) is 64.5 cm³/mol. The molecule has 1 aromatic rings. The number of carbonyl (C=O) groups is 2. The number of amides is 1.